The molecule has 0 aliphatic carbocycles. The van der Waals surface area contributed by atoms with Crippen molar-refractivity contribution in [2.24, 2.45) is 0 Å². The highest BCUT2D eigenvalue weighted by Gasteiger charge is 2.09. The number of hydrogen-bond donors (Lipinski definition) is 2. The van der Waals surface area contributed by atoms with Crippen LogP contribution < -0.4 is 10.6 Å². The largest absolute Gasteiger partial charge is 0.356 e. The zero-order valence-corrected chi connectivity index (χ0v) is 15.4. The van der Waals surface area contributed by atoms with Crippen molar-refractivity contribution in [1.29, 1.82) is 0 Å². The van der Waals surface area contributed by atoms with Gasteiger partial charge in [0.05, 0.1) is 6.04 Å². The van der Waals surface area contributed by atoms with E-state index in [-0.39, 0.29) is 6.04 Å². The van der Waals surface area contributed by atoms with Crippen LogP contribution in [0.4, 0.5) is 5.69 Å². The number of benzene rings is 2. The Morgan fingerprint density at radius 1 is 0.913 bits per heavy atom. The maximum absolute atomic E-state index is 5.46. The zero-order chi connectivity index (χ0) is 17.0. The smallest absolute Gasteiger partial charge is 0.171 e. The van der Waals surface area contributed by atoms with E-state index in [0.29, 0.717) is 11.0 Å². The van der Waals surface area contributed by atoms with E-state index in [4.69, 9.17) is 12.2 Å². The van der Waals surface area contributed by atoms with Crippen LogP contribution in [0.1, 0.15) is 55.0 Å². The zero-order valence-electron chi connectivity index (χ0n) is 14.6. The van der Waals surface area contributed by atoms with Crippen LogP contribution in [0.25, 0.3) is 0 Å². The predicted octanol–water partition coefficient (Wildman–Crippen LogP) is 5.47. The van der Waals surface area contributed by atoms with Crippen LogP contribution in [-0.4, -0.2) is 5.11 Å². The van der Waals surface area contributed by atoms with Crippen molar-refractivity contribution in [3.8, 4) is 0 Å². The lowest BCUT2D eigenvalue weighted by molar-refractivity contribution is 0.721. The Labute approximate surface area is 145 Å². The summed E-state index contributed by atoms with van der Waals surface area (Å²) in [6.45, 7) is 10.7. The van der Waals surface area contributed by atoms with E-state index < -0.39 is 0 Å². The van der Waals surface area contributed by atoms with E-state index >= 15 is 0 Å². The first-order valence-electron chi connectivity index (χ1n) is 8.11. The second-order valence-corrected chi connectivity index (χ2v) is 6.87. The van der Waals surface area contributed by atoms with Gasteiger partial charge in [0.2, 0.25) is 0 Å². The molecule has 0 amide bonds. The second-order valence-electron chi connectivity index (χ2n) is 6.46. The summed E-state index contributed by atoms with van der Waals surface area (Å²) in [4.78, 5) is 0. The highest BCUT2D eigenvalue weighted by atomic mass is 32.1. The minimum atomic E-state index is 0.168. The summed E-state index contributed by atoms with van der Waals surface area (Å²) in [7, 11) is 0. The minimum absolute atomic E-state index is 0.168. The van der Waals surface area contributed by atoms with E-state index in [1.165, 1.54) is 22.3 Å². The Morgan fingerprint density at radius 2 is 1.52 bits per heavy atom. The summed E-state index contributed by atoms with van der Waals surface area (Å²) >= 11 is 5.46. The quantitative estimate of drug-likeness (QED) is 0.728. The number of rotatable bonds is 4. The lowest BCUT2D eigenvalue weighted by Gasteiger charge is -2.19. The van der Waals surface area contributed by atoms with E-state index in [0.717, 1.165) is 5.69 Å². The lowest BCUT2D eigenvalue weighted by Crippen LogP contribution is -2.31. The molecule has 1 unspecified atom stereocenters. The molecule has 23 heavy (non-hydrogen) atoms. The Kier molecular flexibility index (Phi) is 5.78. The first-order chi connectivity index (χ1) is 10.9. The van der Waals surface area contributed by atoms with Crippen molar-refractivity contribution >= 4 is 23.0 Å². The van der Waals surface area contributed by atoms with Gasteiger partial charge in [-0.1, -0.05) is 50.2 Å². The van der Waals surface area contributed by atoms with Crippen LogP contribution in [0, 0.1) is 13.8 Å². The van der Waals surface area contributed by atoms with Gasteiger partial charge in [-0.2, -0.15) is 0 Å². The fraction of sp³-hybridized carbons (Fsp3) is 0.350. The molecule has 0 aliphatic rings. The normalized spacial score (nSPS) is 12.1. The van der Waals surface area contributed by atoms with E-state index in [2.05, 4.69) is 87.7 Å². The van der Waals surface area contributed by atoms with E-state index in [1.54, 1.807) is 0 Å². The number of hydrogen-bond acceptors (Lipinski definition) is 1. The Morgan fingerprint density at radius 3 is 2.13 bits per heavy atom. The van der Waals surface area contributed by atoms with E-state index in [9.17, 15) is 0 Å². The molecule has 0 heterocycles. The summed E-state index contributed by atoms with van der Waals surface area (Å²) < 4.78 is 0. The van der Waals surface area contributed by atoms with Crippen LogP contribution in [0.5, 0.6) is 0 Å². The van der Waals surface area contributed by atoms with Crippen LogP contribution in [0.3, 0.4) is 0 Å². The summed E-state index contributed by atoms with van der Waals surface area (Å²) in [5, 5.41) is 7.31. The first-order valence-corrected chi connectivity index (χ1v) is 8.52. The summed E-state index contributed by atoms with van der Waals surface area (Å²) in [6.07, 6.45) is 0. The monoisotopic (exact) mass is 326 g/mol. The van der Waals surface area contributed by atoms with Crippen LogP contribution in [-0.2, 0) is 0 Å². The molecular weight excluding hydrogens is 300 g/mol. The number of nitrogens with one attached hydrogen (secondary N) is 2. The summed E-state index contributed by atoms with van der Waals surface area (Å²) in [5.41, 5.74) is 6.06. The predicted molar refractivity (Wildman–Crippen MR) is 104 cm³/mol. The molecule has 0 radical (unpaired) electrons. The average Bonchev–Trinajstić information content (AvgIpc) is 2.51. The van der Waals surface area contributed by atoms with Gasteiger partial charge in [0.25, 0.3) is 0 Å². The van der Waals surface area contributed by atoms with Gasteiger partial charge in [-0.3, -0.25) is 0 Å². The summed E-state index contributed by atoms with van der Waals surface area (Å²) in [5.74, 6) is 0.555. The molecule has 0 aromatic heterocycles. The standard InChI is InChI=1S/C20H26N2S/c1-13(2)17-8-10-18(11-9-17)16(5)21-20(23)22-19-12-14(3)6-7-15(19)4/h6-13,16H,1-5H3,(H2,21,22,23). The number of thiocarbonyl (C=S) groups is 1. The molecule has 0 spiro atoms. The molecular formula is C20H26N2S. The maximum atomic E-state index is 5.46. The van der Waals surface area contributed by atoms with Gasteiger partial charge in [0.15, 0.2) is 5.11 Å². The highest BCUT2D eigenvalue weighted by molar-refractivity contribution is 7.80. The Balaban J connectivity index is 2.00. The van der Waals surface area contributed by atoms with Gasteiger partial charge >= 0.3 is 0 Å². The molecule has 2 aromatic carbocycles. The first kappa shape index (κ1) is 17.5. The van der Waals surface area contributed by atoms with Gasteiger partial charge in [-0.05, 0) is 67.2 Å². The third-order valence-electron chi connectivity index (χ3n) is 4.09. The van der Waals surface area contributed by atoms with Crippen molar-refractivity contribution in [1.82, 2.24) is 5.32 Å². The fourth-order valence-electron chi connectivity index (χ4n) is 2.48. The van der Waals surface area contributed by atoms with Gasteiger partial charge in [-0.15, -0.1) is 0 Å². The van der Waals surface area contributed by atoms with Crippen LogP contribution >= 0.6 is 12.2 Å². The molecule has 0 fully saturated rings. The third-order valence-corrected chi connectivity index (χ3v) is 4.31. The van der Waals surface area contributed by atoms with Crippen molar-refractivity contribution in [3.63, 3.8) is 0 Å². The molecule has 2 nitrogen and oxygen atoms in total. The van der Waals surface area contributed by atoms with Crippen molar-refractivity contribution in [2.75, 3.05) is 5.32 Å². The SMILES string of the molecule is Cc1ccc(C)c(NC(=S)NC(C)c2ccc(C(C)C)cc2)c1. The van der Waals surface area contributed by atoms with Gasteiger partial charge in [0, 0.05) is 5.69 Å². The average molecular weight is 327 g/mol. The molecule has 0 saturated carbocycles. The van der Waals surface area contributed by atoms with Crippen molar-refractivity contribution in [2.45, 2.75) is 46.6 Å². The topological polar surface area (TPSA) is 24.1 Å². The maximum Gasteiger partial charge on any atom is 0.171 e. The van der Waals surface area contributed by atoms with Crippen LogP contribution in [0.2, 0.25) is 0 Å². The Bertz CT molecular complexity index is 675. The van der Waals surface area contributed by atoms with Crippen molar-refractivity contribution in [3.05, 3.63) is 64.7 Å². The minimum Gasteiger partial charge on any atom is -0.356 e. The highest BCUT2D eigenvalue weighted by Crippen LogP contribution is 2.20. The van der Waals surface area contributed by atoms with Gasteiger partial charge < -0.3 is 10.6 Å². The Hall–Kier alpha value is -1.87. The third kappa shape index (κ3) is 4.80. The molecule has 0 bridgehead atoms. The van der Waals surface area contributed by atoms with Gasteiger partial charge in [-0.25, -0.2) is 0 Å². The summed E-state index contributed by atoms with van der Waals surface area (Å²) in [6, 6.07) is 15.2. The van der Waals surface area contributed by atoms with Crippen LogP contribution in [0.15, 0.2) is 42.5 Å². The van der Waals surface area contributed by atoms with Crippen molar-refractivity contribution < 1.29 is 0 Å². The second kappa shape index (κ2) is 7.60. The molecule has 1 atom stereocenters. The van der Waals surface area contributed by atoms with Gasteiger partial charge in [0.1, 0.15) is 0 Å². The molecule has 0 saturated heterocycles. The molecule has 2 aromatic rings. The lowest BCUT2D eigenvalue weighted by atomic mass is 10.00. The molecule has 3 heteroatoms. The molecule has 0 aliphatic heterocycles. The molecule has 122 valence electrons. The fourth-order valence-corrected chi connectivity index (χ4v) is 2.77. The van der Waals surface area contributed by atoms with E-state index in [1.807, 2.05) is 0 Å². The molecule has 2 N–H and O–H groups in total. The number of aryl methyl sites for hydroxylation is 2. The molecule has 2 rings (SSSR count). The number of anilines is 1.